The highest BCUT2D eigenvalue weighted by Crippen LogP contribution is 2.11. The first-order chi connectivity index (χ1) is 9.25. The minimum absolute atomic E-state index is 0. The molecular formula is C15H23ClN2O2. The molecule has 112 valence electrons. The predicted molar refractivity (Wildman–Crippen MR) is 82.0 cm³/mol. The summed E-state index contributed by atoms with van der Waals surface area (Å²) >= 11 is 0. The van der Waals surface area contributed by atoms with E-state index in [2.05, 4.69) is 5.32 Å². The van der Waals surface area contributed by atoms with Gasteiger partial charge in [0.05, 0.1) is 12.1 Å². The summed E-state index contributed by atoms with van der Waals surface area (Å²) in [4.78, 5) is 11.9. The van der Waals surface area contributed by atoms with Crippen molar-refractivity contribution in [2.45, 2.75) is 37.8 Å². The number of halogens is 1. The average Bonchev–Trinajstić information content (AvgIpc) is 2.47. The van der Waals surface area contributed by atoms with Gasteiger partial charge in [0.25, 0.3) is 0 Å². The fourth-order valence-corrected chi connectivity index (χ4v) is 2.27. The fourth-order valence-electron chi connectivity index (χ4n) is 2.27. The molecule has 1 fully saturated rings. The van der Waals surface area contributed by atoms with Crippen LogP contribution in [0.1, 0.15) is 24.8 Å². The molecule has 1 aliphatic heterocycles. The van der Waals surface area contributed by atoms with Crippen molar-refractivity contribution in [2.24, 2.45) is 5.73 Å². The Morgan fingerprint density at radius 3 is 2.75 bits per heavy atom. The van der Waals surface area contributed by atoms with E-state index in [4.69, 9.17) is 10.5 Å². The highest BCUT2D eigenvalue weighted by Gasteiger charge is 2.18. The zero-order chi connectivity index (χ0) is 13.5. The molecule has 3 N–H and O–H groups in total. The van der Waals surface area contributed by atoms with Gasteiger partial charge >= 0.3 is 0 Å². The summed E-state index contributed by atoms with van der Waals surface area (Å²) in [5, 5.41) is 2.88. The van der Waals surface area contributed by atoms with Crippen LogP contribution in [0, 0.1) is 0 Å². The van der Waals surface area contributed by atoms with Gasteiger partial charge in [0, 0.05) is 13.2 Å². The highest BCUT2D eigenvalue weighted by atomic mass is 35.5. The molecule has 0 radical (unpaired) electrons. The first-order valence-electron chi connectivity index (χ1n) is 6.94. The number of carbonyl (C=O) groups is 1. The third-order valence-electron chi connectivity index (χ3n) is 3.41. The summed E-state index contributed by atoms with van der Waals surface area (Å²) in [6.45, 7) is 1.37. The number of nitrogens with two attached hydrogens (primary N) is 1. The van der Waals surface area contributed by atoms with Gasteiger partial charge in [0.15, 0.2) is 0 Å². The van der Waals surface area contributed by atoms with Crippen molar-refractivity contribution in [3.05, 3.63) is 35.9 Å². The molecule has 1 heterocycles. The molecule has 20 heavy (non-hydrogen) atoms. The Bertz CT molecular complexity index is 394. The van der Waals surface area contributed by atoms with Crippen LogP contribution >= 0.6 is 12.4 Å². The van der Waals surface area contributed by atoms with Crippen molar-refractivity contribution in [3.8, 4) is 0 Å². The van der Waals surface area contributed by atoms with E-state index < -0.39 is 6.04 Å². The SMILES string of the molecule is Cl.N[C@@H](Cc1ccccc1)C(=O)NCC1CCCCO1. The van der Waals surface area contributed by atoms with Crippen LogP contribution in [0.25, 0.3) is 0 Å². The lowest BCUT2D eigenvalue weighted by molar-refractivity contribution is -0.123. The second kappa shape index (κ2) is 8.95. The van der Waals surface area contributed by atoms with Crippen LogP contribution in [-0.4, -0.2) is 31.2 Å². The normalized spacial score (nSPS) is 19.8. The largest absolute Gasteiger partial charge is 0.376 e. The Hall–Kier alpha value is -1.10. The molecule has 1 aromatic carbocycles. The highest BCUT2D eigenvalue weighted by molar-refractivity contribution is 5.85. The van der Waals surface area contributed by atoms with Gasteiger partial charge in [0.1, 0.15) is 0 Å². The lowest BCUT2D eigenvalue weighted by atomic mass is 10.1. The number of benzene rings is 1. The van der Waals surface area contributed by atoms with Gasteiger partial charge in [-0.2, -0.15) is 0 Å². The van der Waals surface area contributed by atoms with E-state index in [0.717, 1.165) is 25.0 Å². The second-order valence-electron chi connectivity index (χ2n) is 5.03. The summed E-state index contributed by atoms with van der Waals surface area (Å²) in [5.41, 5.74) is 6.99. The predicted octanol–water partition coefficient (Wildman–Crippen LogP) is 1.66. The summed E-state index contributed by atoms with van der Waals surface area (Å²) in [7, 11) is 0. The van der Waals surface area contributed by atoms with E-state index in [0.29, 0.717) is 13.0 Å². The molecule has 0 aromatic heterocycles. The van der Waals surface area contributed by atoms with Crippen LogP contribution < -0.4 is 11.1 Å². The van der Waals surface area contributed by atoms with Crippen LogP contribution in [0.3, 0.4) is 0 Å². The van der Waals surface area contributed by atoms with Gasteiger partial charge in [-0.1, -0.05) is 30.3 Å². The maximum atomic E-state index is 11.9. The number of nitrogens with one attached hydrogen (secondary N) is 1. The van der Waals surface area contributed by atoms with Gasteiger partial charge in [-0.25, -0.2) is 0 Å². The lowest BCUT2D eigenvalue weighted by Crippen LogP contribution is -2.45. The third-order valence-corrected chi connectivity index (χ3v) is 3.41. The number of hydrogen-bond donors (Lipinski definition) is 2. The van der Waals surface area contributed by atoms with Crippen LogP contribution in [0.15, 0.2) is 30.3 Å². The molecule has 2 rings (SSSR count). The maximum absolute atomic E-state index is 11.9. The van der Waals surface area contributed by atoms with Crippen molar-refractivity contribution in [1.82, 2.24) is 5.32 Å². The van der Waals surface area contributed by atoms with E-state index in [-0.39, 0.29) is 24.4 Å². The van der Waals surface area contributed by atoms with Gasteiger partial charge < -0.3 is 15.8 Å². The fraction of sp³-hybridized carbons (Fsp3) is 0.533. The Morgan fingerprint density at radius 1 is 1.35 bits per heavy atom. The second-order valence-corrected chi connectivity index (χ2v) is 5.03. The van der Waals surface area contributed by atoms with Crippen molar-refractivity contribution in [1.29, 1.82) is 0 Å². The Morgan fingerprint density at radius 2 is 2.10 bits per heavy atom. The van der Waals surface area contributed by atoms with Crippen molar-refractivity contribution in [3.63, 3.8) is 0 Å². The topological polar surface area (TPSA) is 64.4 Å². The molecule has 4 nitrogen and oxygen atoms in total. The first kappa shape index (κ1) is 17.0. The molecule has 5 heteroatoms. The van der Waals surface area contributed by atoms with Crippen LogP contribution in [-0.2, 0) is 16.0 Å². The van der Waals surface area contributed by atoms with Gasteiger partial charge in [-0.05, 0) is 31.2 Å². The molecular weight excluding hydrogens is 276 g/mol. The number of carbonyl (C=O) groups excluding carboxylic acids is 1. The zero-order valence-corrected chi connectivity index (χ0v) is 12.4. The molecule has 1 aliphatic rings. The molecule has 0 aliphatic carbocycles. The zero-order valence-electron chi connectivity index (χ0n) is 11.6. The molecule has 0 saturated carbocycles. The third kappa shape index (κ3) is 5.49. The van der Waals surface area contributed by atoms with Gasteiger partial charge in [0.2, 0.25) is 5.91 Å². The summed E-state index contributed by atoms with van der Waals surface area (Å²) in [6.07, 6.45) is 4.04. The minimum Gasteiger partial charge on any atom is -0.376 e. The van der Waals surface area contributed by atoms with Gasteiger partial charge in [-0.3, -0.25) is 4.79 Å². The Balaban J connectivity index is 0.00000200. The summed E-state index contributed by atoms with van der Waals surface area (Å²) < 4.78 is 5.57. The number of ether oxygens (including phenoxy) is 1. The molecule has 1 aromatic rings. The quantitative estimate of drug-likeness (QED) is 0.869. The Labute approximate surface area is 126 Å². The molecule has 2 atom stereocenters. The standard InChI is InChI=1S/C15H22N2O2.ClH/c16-14(10-12-6-2-1-3-7-12)15(18)17-11-13-8-4-5-9-19-13;/h1-3,6-7,13-14H,4-5,8-11,16H2,(H,17,18);1H/t13?,14-;/m0./s1. The minimum atomic E-state index is -0.494. The molecule has 0 bridgehead atoms. The summed E-state index contributed by atoms with van der Waals surface area (Å²) in [6, 6.07) is 9.33. The Kier molecular flexibility index (Phi) is 7.59. The number of rotatable bonds is 5. The maximum Gasteiger partial charge on any atom is 0.237 e. The number of hydrogen-bond acceptors (Lipinski definition) is 3. The van der Waals surface area contributed by atoms with Crippen LogP contribution in [0.2, 0.25) is 0 Å². The smallest absolute Gasteiger partial charge is 0.237 e. The average molecular weight is 299 g/mol. The molecule has 1 amide bonds. The van der Waals surface area contributed by atoms with Crippen LogP contribution in [0.4, 0.5) is 0 Å². The van der Waals surface area contributed by atoms with Crippen LogP contribution in [0.5, 0.6) is 0 Å². The lowest BCUT2D eigenvalue weighted by Gasteiger charge is -2.23. The summed E-state index contributed by atoms with van der Waals surface area (Å²) in [5.74, 6) is -0.0990. The van der Waals surface area contributed by atoms with Crippen molar-refractivity contribution in [2.75, 3.05) is 13.2 Å². The number of amides is 1. The first-order valence-corrected chi connectivity index (χ1v) is 6.94. The van der Waals surface area contributed by atoms with Crippen molar-refractivity contribution >= 4 is 18.3 Å². The van der Waals surface area contributed by atoms with E-state index in [1.54, 1.807) is 0 Å². The van der Waals surface area contributed by atoms with Crippen molar-refractivity contribution < 1.29 is 9.53 Å². The molecule has 0 spiro atoms. The van der Waals surface area contributed by atoms with E-state index in [1.807, 2.05) is 30.3 Å². The molecule has 1 unspecified atom stereocenters. The van der Waals surface area contributed by atoms with E-state index in [1.165, 1.54) is 6.42 Å². The van der Waals surface area contributed by atoms with E-state index >= 15 is 0 Å². The monoisotopic (exact) mass is 298 g/mol. The van der Waals surface area contributed by atoms with E-state index in [9.17, 15) is 4.79 Å². The van der Waals surface area contributed by atoms with Gasteiger partial charge in [-0.15, -0.1) is 12.4 Å². The molecule has 1 saturated heterocycles.